The Hall–Kier alpha value is -4.57. The second kappa shape index (κ2) is 23.1. The van der Waals surface area contributed by atoms with E-state index in [1.54, 1.807) is 19.1 Å². The molecular formula is C42H63N5O10S. The first-order valence-electron chi connectivity index (χ1n) is 20.4. The van der Waals surface area contributed by atoms with Crippen LogP contribution in [0.2, 0.25) is 0 Å². The van der Waals surface area contributed by atoms with Crippen molar-refractivity contribution in [1.29, 1.82) is 0 Å². The normalized spacial score (nSPS) is 17.6. The number of piperidine rings is 1. The predicted octanol–water partition coefficient (Wildman–Crippen LogP) is 5.46. The van der Waals surface area contributed by atoms with E-state index >= 15 is 0 Å². The molecule has 0 spiro atoms. The van der Waals surface area contributed by atoms with Gasteiger partial charge in [-0.3, -0.25) is 33.7 Å². The largest absolute Gasteiger partial charge is 0.508 e. The maximum absolute atomic E-state index is 14.7. The first-order valence-corrected chi connectivity index (χ1v) is 21.2. The highest BCUT2D eigenvalue weighted by molar-refractivity contribution is 7.09. The van der Waals surface area contributed by atoms with Crippen molar-refractivity contribution in [2.24, 2.45) is 17.8 Å². The van der Waals surface area contributed by atoms with E-state index in [0.29, 0.717) is 30.7 Å². The lowest BCUT2D eigenvalue weighted by Crippen LogP contribution is -2.59. The number of carbonyl (C=O) groups is 6. The summed E-state index contributed by atoms with van der Waals surface area (Å²) in [6, 6.07) is 3.85. The fourth-order valence-electron chi connectivity index (χ4n) is 7.07. The number of hydrogen-bond donors (Lipinski definition) is 4. The molecule has 0 aliphatic carbocycles. The summed E-state index contributed by atoms with van der Waals surface area (Å²) < 4.78 is 11.5. The molecule has 1 aromatic carbocycles. The number of phenols is 1. The summed E-state index contributed by atoms with van der Waals surface area (Å²) in [5, 5.41) is 27.1. The number of amides is 3. The van der Waals surface area contributed by atoms with Crippen molar-refractivity contribution in [3.8, 4) is 5.75 Å². The van der Waals surface area contributed by atoms with Crippen LogP contribution < -0.4 is 10.6 Å². The molecule has 16 heteroatoms. The van der Waals surface area contributed by atoms with Crippen LogP contribution in [0.25, 0.3) is 0 Å². The molecular weight excluding hydrogens is 767 g/mol. The van der Waals surface area contributed by atoms with Crippen molar-refractivity contribution in [3.05, 3.63) is 45.9 Å². The van der Waals surface area contributed by atoms with Gasteiger partial charge in [0.25, 0.3) is 5.91 Å². The van der Waals surface area contributed by atoms with Gasteiger partial charge in [0.2, 0.25) is 11.8 Å². The van der Waals surface area contributed by atoms with Crippen molar-refractivity contribution in [2.75, 3.05) is 20.3 Å². The number of likely N-dealkylation sites (N-methyl/N-ethyl adjacent to an activating group) is 1. The molecule has 15 nitrogen and oxygen atoms in total. The average molecular weight is 830 g/mol. The van der Waals surface area contributed by atoms with E-state index in [2.05, 4.69) is 15.6 Å². The number of ether oxygens (including phenoxy) is 2. The van der Waals surface area contributed by atoms with Crippen molar-refractivity contribution >= 4 is 47.0 Å². The molecule has 4 N–H and O–H groups in total. The number of esters is 2. The van der Waals surface area contributed by atoms with E-state index in [9.17, 15) is 39.0 Å². The summed E-state index contributed by atoms with van der Waals surface area (Å²) in [6.07, 6.45) is 3.31. The lowest BCUT2D eigenvalue weighted by atomic mass is 9.92. The van der Waals surface area contributed by atoms with Gasteiger partial charge >= 0.3 is 17.9 Å². The number of hydrogen-bond acceptors (Lipinski definition) is 12. The quantitative estimate of drug-likeness (QED) is 0.0863. The molecule has 0 saturated carbocycles. The van der Waals surface area contributed by atoms with Crippen LogP contribution >= 0.6 is 11.3 Å². The summed E-state index contributed by atoms with van der Waals surface area (Å²) in [6.45, 7) is 12.7. The molecule has 2 aromatic rings. The maximum Gasteiger partial charge on any atom is 0.307 e. The summed E-state index contributed by atoms with van der Waals surface area (Å²) in [7, 11) is 1.90. The van der Waals surface area contributed by atoms with Crippen LogP contribution in [0, 0.1) is 17.8 Å². The molecule has 0 bridgehead atoms. The van der Waals surface area contributed by atoms with Crippen LogP contribution in [0.5, 0.6) is 5.75 Å². The number of phenolic OH excluding ortho intramolecular Hbond substituents is 1. The molecule has 1 unspecified atom stereocenters. The number of carboxylic acid groups (broad SMARTS) is 1. The number of carbonyl (C=O) groups excluding carboxylic acids is 5. The van der Waals surface area contributed by atoms with Gasteiger partial charge in [0, 0.05) is 37.2 Å². The van der Waals surface area contributed by atoms with Crippen molar-refractivity contribution in [2.45, 2.75) is 137 Å². The molecule has 7 atom stereocenters. The van der Waals surface area contributed by atoms with Crippen molar-refractivity contribution < 1.29 is 48.5 Å². The fraction of sp³-hybridized carbons (Fsp3) is 0.643. The Morgan fingerprint density at radius 3 is 2.29 bits per heavy atom. The number of thiazole rings is 1. The number of rotatable bonds is 22. The molecule has 3 rings (SSSR count). The third-order valence-electron chi connectivity index (χ3n) is 10.7. The van der Waals surface area contributed by atoms with Crippen LogP contribution in [-0.2, 0) is 39.9 Å². The minimum atomic E-state index is -1.01. The third-order valence-corrected chi connectivity index (χ3v) is 11.7. The van der Waals surface area contributed by atoms with E-state index in [1.165, 1.54) is 29.3 Å². The number of carboxylic acids is 1. The number of aromatic nitrogens is 1. The molecule has 1 fully saturated rings. The number of likely N-dealkylation sites (tertiary alicyclic amines) is 1. The molecule has 1 aliphatic rings. The molecule has 1 saturated heterocycles. The monoisotopic (exact) mass is 829 g/mol. The Labute approximate surface area is 346 Å². The van der Waals surface area contributed by atoms with E-state index in [4.69, 9.17) is 9.47 Å². The second-order valence-corrected chi connectivity index (χ2v) is 16.7. The van der Waals surface area contributed by atoms with Crippen molar-refractivity contribution in [3.63, 3.8) is 0 Å². The van der Waals surface area contributed by atoms with Crippen LogP contribution in [0.3, 0.4) is 0 Å². The van der Waals surface area contributed by atoms with Gasteiger partial charge in [-0.25, -0.2) is 4.98 Å². The van der Waals surface area contributed by atoms with Crippen LogP contribution in [-0.4, -0.2) is 105 Å². The standard InChI is InChI=1S/C42H63N5O10S/c1-9-13-36(50)56-24-47(41(53)37(26(5)10-2)45-39(52)33-14-11-12-19-46(33)8)34(25(3)4)22-35(57-28(7)48)40-44-32(23-58-40)38(51)43-30(20-27(6)42(54)55)21-29-15-17-31(49)18-16-29/h15-18,23,25-27,30,33-35,37,49H,9-14,19-22,24H2,1-8H3,(H,43,51)(H,45,52)(H,54,55)/t26?,27-,30+,33+,34+,35+,37-/m0/s1. The van der Waals surface area contributed by atoms with Gasteiger partial charge < -0.3 is 35.2 Å². The molecule has 58 heavy (non-hydrogen) atoms. The van der Waals surface area contributed by atoms with Crippen LogP contribution in [0.1, 0.15) is 127 Å². The summed E-state index contributed by atoms with van der Waals surface area (Å²) >= 11 is 1.10. The Bertz CT molecular complexity index is 1680. The Morgan fingerprint density at radius 1 is 1.02 bits per heavy atom. The minimum absolute atomic E-state index is 0.0330. The Morgan fingerprint density at radius 2 is 1.71 bits per heavy atom. The fourth-order valence-corrected chi connectivity index (χ4v) is 7.91. The lowest BCUT2D eigenvalue weighted by molar-refractivity contribution is -0.160. The van der Waals surface area contributed by atoms with Gasteiger partial charge in [0.05, 0.1) is 12.0 Å². The summed E-state index contributed by atoms with van der Waals surface area (Å²) in [4.78, 5) is 87.0. The van der Waals surface area contributed by atoms with E-state index in [1.807, 2.05) is 46.6 Å². The minimum Gasteiger partial charge on any atom is -0.508 e. The summed E-state index contributed by atoms with van der Waals surface area (Å²) in [5.41, 5.74) is 0.816. The number of aromatic hydroxyl groups is 1. The van der Waals surface area contributed by atoms with Gasteiger partial charge in [-0.15, -0.1) is 11.3 Å². The predicted molar refractivity (Wildman–Crippen MR) is 219 cm³/mol. The van der Waals surface area contributed by atoms with E-state index in [-0.39, 0.29) is 61.2 Å². The molecule has 3 amide bonds. The van der Waals surface area contributed by atoms with Gasteiger partial charge in [-0.1, -0.05) is 66.5 Å². The highest BCUT2D eigenvalue weighted by Gasteiger charge is 2.39. The topological polar surface area (TPSA) is 205 Å². The first-order chi connectivity index (χ1) is 27.4. The van der Waals surface area contributed by atoms with Crippen LogP contribution in [0.15, 0.2) is 29.6 Å². The summed E-state index contributed by atoms with van der Waals surface area (Å²) in [5.74, 6) is -4.54. The zero-order valence-electron chi connectivity index (χ0n) is 35.2. The first kappa shape index (κ1) is 47.8. The zero-order valence-corrected chi connectivity index (χ0v) is 36.0. The number of benzene rings is 1. The number of nitrogens with zero attached hydrogens (tertiary/aromatic N) is 3. The van der Waals surface area contributed by atoms with Crippen molar-refractivity contribution in [1.82, 2.24) is 25.4 Å². The molecule has 1 aliphatic heterocycles. The Kier molecular flexibility index (Phi) is 19.1. The highest BCUT2D eigenvalue weighted by atomic mass is 32.1. The number of nitrogens with one attached hydrogen (secondary N) is 2. The molecule has 0 radical (unpaired) electrons. The smallest absolute Gasteiger partial charge is 0.307 e. The Balaban J connectivity index is 1.95. The lowest BCUT2D eigenvalue weighted by Gasteiger charge is -2.39. The van der Waals surface area contributed by atoms with Gasteiger partial charge in [-0.05, 0) is 75.2 Å². The van der Waals surface area contributed by atoms with Gasteiger partial charge in [0.15, 0.2) is 12.8 Å². The van der Waals surface area contributed by atoms with Crippen LogP contribution in [0.4, 0.5) is 0 Å². The second-order valence-electron chi connectivity index (χ2n) is 15.8. The van der Waals surface area contributed by atoms with E-state index < -0.39 is 59.9 Å². The molecule has 2 heterocycles. The third kappa shape index (κ3) is 14.4. The number of aliphatic carboxylic acids is 1. The maximum atomic E-state index is 14.7. The van der Waals surface area contributed by atoms with E-state index in [0.717, 1.165) is 36.3 Å². The van der Waals surface area contributed by atoms with Gasteiger partial charge in [0.1, 0.15) is 22.5 Å². The van der Waals surface area contributed by atoms with Gasteiger partial charge in [-0.2, -0.15) is 0 Å². The molecule has 1 aromatic heterocycles. The average Bonchev–Trinajstić information content (AvgIpc) is 3.67. The SMILES string of the molecule is CCCC(=O)OCN(C(=O)[C@@H](NC(=O)[C@H]1CCCCN1C)C(C)CC)[C@H](C[C@@H](OC(C)=O)c1nc(C(=O)N[C@@H](Cc2ccc(O)cc2)C[C@H](C)C(=O)O)cs1)C(C)C. The zero-order chi connectivity index (χ0) is 43.1. The highest BCUT2D eigenvalue weighted by Crippen LogP contribution is 2.32. The molecule has 322 valence electrons.